The lowest BCUT2D eigenvalue weighted by Gasteiger charge is -2.24. The van der Waals surface area contributed by atoms with E-state index in [9.17, 15) is 5.11 Å². The number of benzene rings is 1. The van der Waals surface area contributed by atoms with Crippen molar-refractivity contribution in [1.29, 1.82) is 0 Å². The van der Waals surface area contributed by atoms with Crippen LogP contribution in [0.15, 0.2) is 24.3 Å². The maximum atomic E-state index is 10.2. The van der Waals surface area contributed by atoms with E-state index in [-0.39, 0.29) is 6.10 Å². The molecule has 18 heavy (non-hydrogen) atoms. The molecule has 4 atom stereocenters. The fourth-order valence-corrected chi connectivity index (χ4v) is 4.12. The molecule has 2 heteroatoms. The molecular formula is C16H21ClO. The summed E-state index contributed by atoms with van der Waals surface area (Å²) in [5, 5.41) is 11.0. The molecule has 2 aliphatic rings. The van der Waals surface area contributed by atoms with Gasteiger partial charge in [-0.1, -0.05) is 30.2 Å². The largest absolute Gasteiger partial charge is 0.393 e. The Kier molecular flexibility index (Phi) is 3.63. The molecule has 2 bridgehead atoms. The van der Waals surface area contributed by atoms with Crippen LogP contribution in [0.25, 0.3) is 0 Å². The molecule has 1 aromatic carbocycles. The number of rotatable bonds is 4. The highest BCUT2D eigenvalue weighted by molar-refractivity contribution is 6.30. The lowest BCUT2D eigenvalue weighted by Crippen LogP contribution is -2.20. The maximum Gasteiger partial charge on any atom is 0.0583 e. The van der Waals surface area contributed by atoms with E-state index in [1.54, 1.807) is 0 Å². The molecule has 0 radical (unpaired) electrons. The molecule has 2 aliphatic carbocycles. The topological polar surface area (TPSA) is 20.2 Å². The minimum Gasteiger partial charge on any atom is -0.393 e. The summed E-state index contributed by atoms with van der Waals surface area (Å²) in [5.74, 6) is 2.67. The van der Waals surface area contributed by atoms with Crippen LogP contribution in [0.2, 0.25) is 5.02 Å². The predicted octanol–water partition coefficient (Wildman–Crippen LogP) is 4.07. The van der Waals surface area contributed by atoms with Gasteiger partial charge in [0.2, 0.25) is 0 Å². The molecule has 3 rings (SSSR count). The number of hydrogen-bond donors (Lipinski definition) is 1. The van der Waals surface area contributed by atoms with Crippen molar-refractivity contribution >= 4 is 11.6 Å². The zero-order chi connectivity index (χ0) is 12.5. The van der Waals surface area contributed by atoms with Crippen LogP contribution >= 0.6 is 11.6 Å². The Labute approximate surface area is 114 Å². The standard InChI is InChI=1S/C16H21ClO/c17-15-5-2-11(3-6-15)9-16(18)10-14-8-12-1-4-13(14)7-12/h2-3,5-6,12-14,16,18H,1,4,7-10H2. The van der Waals surface area contributed by atoms with E-state index in [1.165, 1.54) is 31.2 Å². The molecule has 1 N–H and O–H groups in total. The summed E-state index contributed by atoms with van der Waals surface area (Å²) in [6.07, 6.45) is 7.21. The zero-order valence-corrected chi connectivity index (χ0v) is 11.4. The van der Waals surface area contributed by atoms with Crippen molar-refractivity contribution < 1.29 is 5.11 Å². The molecule has 0 amide bonds. The SMILES string of the molecule is OC(Cc1ccc(Cl)cc1)CC1CC2CCC1C2. The van der Waals surface area contributed by atoms with Gasteiger partial charge in [-0.15, -0.1) is 0 Å². The van der Waals surface area contributed by atoms with Gasteiger partial charge >= 0.3 is 0 Å². The third-order valence-corrected chi connectivity index (χ3v) is 5.10. The Morgan fingerprint density at radius 3 is 2.56 bits per heavy atom. The van der Waals surface area contributed by atoms with Gasteiger partial charge in [-0.05, 0) is 67.6 Å². The van der Waals surface area contributed by atoms with Crippen LogP contribution in [0.5, 0.6) is 0 Å². The normalized spacial score (nSPS) is 31.8. The Hall–Kier alpha value is -0.530. The molecule has 2 fully saturated rings. The number of aliphatic hydroxyl groups is 1. The summed E-state index contributed by atoms with van der Waals surface area (Å²) in [6, 6.07) is 7.85. The summed E-state index contributed by atoms with van der Waals surface area (Å²) in [7, 11) is 0. The zero-order valence-electron chi connectivity index (χ0n) is 10.7. The predicted molar refractivity (Wildman–Crippen MR) is 74.7 cm³/mol. The second-order valence-corrected chi connectivity index (χ2v) is 6.59. The van der Waals surface area contributed by atoms with E-state index in [4.69, 9.17) is 11.6 Å². The molecule has 4 unspecified atom stereocenters. The first-order chi connectivity index (χ1) is 8.70. The molecule has 1 aromatic rings. The fourth-order valence-electron chi connectivity index (χ4n) is 3.99. The van der Waals surface area contributed by atoms with Crippen molar-refractivity contribution in [3.8, 4) is 0 Å². The van der Waals surface area contributed by atoms with Crippen LogP contribution in [0, 0.1) is 17.8 Å². The maximum absolute atomic E-state index is 10.2. The lowest BCUT2D eigenvalue weighted by atomic mass is 9.84. The molecule has 98 valence electrons. The Bertz CT molecular complexity index is 400. The summed E-state index contributed by atoms with van der Waals surface area (Å²) >= 11 is 5.87. The number of aliphatic hydroxyl groups excluding tert-OH is 1. The Balaban J connectivity index is 1.52. The molecular weight excluding hydrogens is 244 g/mol. The van der Waals surface area contributed by atoms with Crippen molar-refractivity contribution in [1.82, 2.24) is 0 Å². The highest BCUT2D eigenvalue weighted by Crippen LogP contribution is 2.49. The second-order valence-electron chi connectivity index (χ2n) is 6.16. The van der Waals surface area contributed by atoms with E-state index in [0.717, 1.165) is 35.6 Å². The summed E-state index contributed by atoms with van der Waals surface area (Å²) in [6.45, 7) is 0. The molecule has 0 aliphatic heterocycles. The van der Waals surface area contributed by atoms with Crippen LogP contribution in [0.4, 0.5) is 0 Å². The third-order valence-electron chi connectivity index (χ3n) is 4.84. The minimum absolute atomic E-state index is 0.185. The number of halogens is 1. The van der Waals surface area contributed by atoms with Gasteiger partial charge in [0.15, 0.2) is 0 Å². The van der Waals surface area contributed by atoms with Gasteiger partial charge in [-0.2, -0.15) is 0 Å². The second kappa shape index (κ2) is 5.22. The fraction of sp³-hybridized carbons (Fsp3) is 0.625. The summed E-state index contributed by atoms with van der Waals surface area (Å²) in [5.41, 5.74) is 1.19. The Morgan fingerprint density at radius 2 is 1.94 bits per heavy atom. The van der Waals surface area contributed by atoms with E-state index in [2.05, 4.69) is 0 Å². The Morgan fingerprint density at radius 1 is 1.17 bits per heavy atom. The van der Waals surface area contributed by atoms with Gasteiger partial charge in [-0.25, -0.2) is 0 Å². The highest BCUT2D eigenvalue weighted by Gasteiger charge is 2.39. The lowest BCUT2D eigenvalue weighted by molar-refractivity contribution is 0.124. The molecule has 0 spiro atoms. The van der Waals surface area contributed by atoms with E-state index in [0.29, 0.717) is 0 Å². The van der Waals surface area contributed by atoms with E-state index >= 15 is 0 Å². The number of fused-ring (bicyclic) bond motifs is 2. The molecule has 0 heterocycles. The quantitative estimate of drug-likeness (QED) is 0.869. The first kappa shape index (κ1) is 12.5. The van der Waals surface area contributed by atoms with Crippen LogP contribution in [0.3, 0.4) is 0 Å². The van der Waals surface area contributed by atoms with Crippen LogP contribution in [-0.4, -0.2) is 11.2 Å². The molecule has 1 nitrogen and oxygen atoms in total. The molecule has 0 saturated heterocycles. The monoisotopic (exact) mass is 264 g/mol. The van der Waals surface area contributed by atoms with E-state index < -0.39 is 0 Å². The van der Waals surface area contributed by atoms with Gasteiger partial charge in [0.1, 0.15) is 0 Å². The van der Waals surface area contributed by atoms with Crippen molar-refractivity contribution in [3.05, 3.63) is 34.9 Å². The van der Waals surface area contributed by atoms with Gasteiger partial charge in [0, 0.05) is 5.02 Å². The minimum atomic E-state index is -0.185. The first-order valence-electron chi connectivity index (χ1n) is 7.13. The van der Waals surface area contributed by atoms with E-state index in [1.807, 2.05) is 24.3 Å². The van der Waals surface area contributed by atoms with Crippen molar-refractivity contribution in [3.63, 3.8) is 0 Å². The summed E-state index contributed by atoms with van der Waals surface area (Å²) in [4.78, 5) is 0. The van der Waals surface area contributed by atoms with Gasteiger partial charge in [0.25, 0.3) is 0 Å². The molecule has 0 aromatic heterocycles. The smallest absolute Gasteiger partial charge is 0.0583 e. The molecule has 2 saturated carbocycles. The van der Waals surface area contributed by atoms with Crippen LogP contribution in [-0.2, 0) is 6.42 Å². The van der Waals surface area contributed by atoms with Crippen LogP contribution < -0.4 is 0 Å². The van der Waals surface area contributed by atoms with Crippen LogP contribution in [0.1, 0.15) is 37.7 Å². The average Bonchev–Trinajstić information content (AvgIpc) is 2.94. The first-order valence-corrected chi connectivity index (χ1v) is 7.51. The average molecular weight is 265 g/mol. The van der Waals surface area contributed by atoms with Gasteiger partial charge < -0.3 is 5.11 Å². The highest BCUT2D eigenvalue weighted by atomic mass is 35.5. The van der Waals surface area contributed by atoms with Crippen molar-refractivity contribution in [2.45, 2.75) is 44.6 Å². The number of hydrogen-bond acceptors (Lipinski definition) is 1. The summed E-state index contributed by atoms with van der Waals surface area (Å²) < 4.78 is 0. The third kappa shape index (κ3) is 2.73. The van der Waals surface area contributed by atoms with Gasteiger partial charge in [-0.3, -0.25) is 0 Å². The van der Waals surface area contributed by atoms with Crippen molar-refractivity contribution in [2.24, 2.45) is 17.8 Å². The van der Waals surface area contributed by atoms with Gasteiger partial charge in [0.05, 0.1) is 6.10 Å². The van der Waals surface area contributed by atoms with Crippen molar-refractivity contribution in [2.75, 3.05) is 0 Å².